The van der Waals surface area contributed by atoms with Gasteiger partial charge in [-0.3, -0.25) is 5.43 Å². The molecule has 0 saturated carbocycles. The number of furan rings is 1. The molecule has 0 spiro atoms. The van der Waals surface area contributed by atoms with E-state index in [-0.39, 0.29) is 0 Å². The van der Waals surface area contributed by atoms with Gasteiger partial charge in [0.05, 0.1) is 5.69 Å². The molecule has 0 radical (unpaired) electrons. The van der Waals surface area contributed by atoms with Crippen LogP contribution in [0.4, 0.5) is 5.69 Å². The highest BCUT2D eigenvalue weighted by atomic mass is 16.3. The van der Waals surface area contributed by atoms with Crippen molar-refractivity contribution in [3.05, 3.63) is 42.5 Å². The second-order valence-electron chi connectivity index (χ2n) is 4.44. The van der Waals surface area contributed by atoms with Gasteiger partial charge in [-0.1, -0.05) is 25.1 Å². The van der Waals surface area contributed by atoms with Gasteiger partial charge in [0.15, 0.2) is 0 Å². The lowest BCUT2D eigenvalue weighted by atomic mass is 10.1. The number of rotatable bonds is 3. The normalized spacial score (nSPS) is 11.7. The van der Waals surface area contributed by atoms with Crippen molar-refractivity contribution in [1.82, 2.24) is 0 Å². The molecule has 0 aliphatic carbocycles. The van der Waals surface area contributed by atoms with Gasteiger partial charge in [-0.2, -0.15) is 10.4 Å². The number of hydrazone groups is 1. The van der Waals surface area contributed by atoms with E-state index in [0.717, 1.165) is 27.6 Å². The summed E-state index contributed by atoms with van der Waals surface area (Å²) < 4.78 is 5.80. The summed E-state index contributed by atoms with van der Waals surface area (Å²) in [5, 5.41) is 15.1. The molecule has 0 saturated heterocycles. The van der Waals surface area contributed by atoms with Crippen LogP contribution in [0.2, 0.25) is 0 Å². The van der Waals surface area contributed by atoms with Crippen molar-refractivity contribution in [2.24, 2.45) is 5.10 Å². The van der Waals surface area contributed by atoms with Crippen LogP contribution in [0.1, 0.15) is 13.3 Å². The number of hydrogen-bond acceptors (Lipinski definition) is 4. The number of nitriles is 1. The van der Waals surface area contributed by atoms with Crippen LogP contribution in [-0.2, 0) is 0 Å². The Balaban J connectivity index is 2.01. The highest BCUT2D eigenvalue weighted by Crippen LogP contribution is 2.30. The molecule has 3 rings (SSSR count). The van der Waals surface area contributed by atoms with Gasteiger partial charge < -0.3 is 4.42 Å². The van der Waals surface area contributed by atoms with Gasteiger partial charge in [-0.25, -0.2) is 0 Å². The van der Waals surface area contributed by atoms with Gasteiger partial charge in [-0.05, 0) is 24.6 Å². The summed E-state index contributed by atoms with van der Waals surface area (Å²) in [5.74, 6) is 0. The lowest BCUT2D eigenvalue weighted by Crippen LogP contribution is -1.97. The van der Waals surface area contributed by atoms with E-state index < -0.39 is 0 Å². The monoisotopic (exact) mass is 263 g/mol. The van der Waals surface area contributed by atoms with Crippen molar-refractivity contribution in [3.8, 4) is 6.07 Å². The second kappa shape index (κ2) is 5.06. The van der Waals surface area contributed by atoms with Crippen LogP contribution in [0.3, 0.4) is 0 Å². The first-order valence-corrected chi connectivity index (χ1v) is 6.46. The van der Waals surface area contributed by atoms with E-state index in [0.29, 0.717) is 12.1 Å². The predicted octanol–water partition coefficient (Wildman–Crippen LogP) is 4.29. The van der Waals surface area contributed by atoms with Crippen LogP contribution in [-0.4, -0.2) is 5.71 Å². The Bertz CT molecular complexity index is 840. The summed E-state index contributed by atoms with van der Waals surface area (Å²) in [6.07, 6.45) is 0.608. The van der Waals surface area contributed by atoms with Gasteiger partial charge in [0.25, 0.3) is 0 Å². The maximum Gasteiger partial charge on any atom is 0.137 e. The third kappa shape index (κ3) is 2.10. The van der Waals surface area contributed by atoms with Crippen LogP contribution < -0.4 is 5.43 Å². The first-order valence-electron chi connectivity index (χ1n) is 6.46. The zero-order valence-electron chi connectivity index (χ0n) is 11.1. The summed E-state index contributed by atoms with van der Waals surface area (Å²) in [4.78, 5) is 0. The molecular weight excluding hydrogens is 250 g/mol. The van der Waals surface area contributed by atoms with Crippen LogP contribution >= 0.6 is 0 Å². The van der Waals surface area contributed by atoms with E-state index in [1.165, 1.54) is 0 Å². The smallest absolute Gasteiger partial charge is 0.137 e. The summed E-state index contributed by atoms with van der Waals surface area (Å²) in [5.41, 5.74) is 5.84. The SMILES string of the molecule is CC/C(C#N)=N/Nc1ccc2c(c1)oc1ccccc12. The average molecular weight is 263 g/mol. The molecule has 1 N–H and O–H groups in total. The van der Waals surface area contributed by atoms with E-state index in [4.69, 9.17) is 9.68 Å². The van der Waals surface area contributed by atoms with Gasteiger partial charge in [-0.15, -0.1) is 0 Å². The molecule has 98 valence electrons. The fraction of sp³-hybridized carbons (Fsp3) is 0.125. The molecule has 0 aliphatic rings. The van der Waals surface area contributed by atoms with Crippen molar-refractivity contribution < 1.29 is 4.42 Å². The summed E-state index contributed by atoms with van der Waals surface area (Å²) in [6.45, 7) is 1.90. The molecule has 0 bridgehead atoms. The largest absolute Gasteiger partial charge is 0.456 e. The lowest BCUT2D eigenvalue weighted by Gasteiger charge is -2.00. The molecule has 0 amide bonds. The Hall–Kier alpha value is -2.80. The van der Waals surface area contributed by atoms with E-state index in [2.05, 4.69) is 10.5 Å². The maximum absolute atomic E-state index is 8.83. The highest BCUT2D eigenvalue weighted by molar-refractivity contribution is 6.05. The Kier molecular flexibility index (Phi) is 3.10. The molecule has 4 heteroatoms. The number of nitrogens with zero attached hydrogens (tertiary/aromatic N) is 2. The Morgan fingerprint density at radius 1 is 1.20 bits per heavy atom. The molecule has 0 aliphatic heterocycles. The molecule has 1 aromatic heterocycles. The van der Waals surface area contributed by atoms with Gasteiger partial charge in [0.2, 0.25) is 0 Å². The van der Waals surface area contributed by atoms with Crippen LogP contribution in [0.15, 0.2) is 52.0 Å². The Labute approximate surface area is 116 Å². The first-order chi connectivity index (χ1) is 9.81. The first kappa shape index (κ1) is 12.2. The number of para-hydroxylation sites is 1. The minimum Gasteiger partial charge on any atom is -0.456 e. The summed E-state index contributed by atoms with van der Waals surface area (Å²) >= 11 is 0. The molecule has 0 unspecified atom stereocenters. The minimum atomic E-state index is 0.467. The Morgan fingerprint density at radius 3 is 2.80 bits per heavy atom. The van der Waals surface area contributed by atoms with E-state index in [1.807, 2.05) is 55.5 Å². The number of nitrogens with one attached hydrogen (secondary N) is 1. The lowest BCUT2D eigenvalue weighted by molar-refractivity contribution is 0.669. The molecule has 2 aromatic carbocycles. The zero-order chi connectivity index (χ0) is 13.9. The molecule has 4 nitrogen and oxygen atoms in total. The zero-order valence-corrected chi connectivity index (χ0v) is 11.1. The molecular formula is C16H13N3O. The van der Waals surface area contributed by atoms with E-state index in [1.54, 1.807) is 0 Å². The standard InChI is InChI=1S/C16H13N3O/c1-2-11(10-17)18-19-12-7-8-14-13-5-3-4-6-15(13)20-16(14)9-12/h3-9,19H,2H2,1H3/b18-11-. The number of fused-ring (bicyclic) bond motifs is 3. The van der Waals surface area contributed by atoms with Crippen LogP contribution in [0, 0.1) is 11.3 Å². The van der Waals surface area contributed by atoms with Gasteiger partial charge >= 0.3 is 0 Å². The maximum atomic E-state index is 8.83. The van der Waals surface area contributed by atoms with Crippen molar-refractivity contribution in [2.75, 3.05) is 5.43 Å². The topological polar surface area (TPSA) is 61.3 Å². The molecule has 1 heterocycles. The molecule has 0 fully saturated rings. The number of benzene rings is 2. The van der Waals surface area contributed by atoms with Crippen molar-refractivity contribution >= 4 is 33.3 Å². The quantitative estimate of drug-likeness (QED) is 0.566. The summed E-state index contributed by atoms with van der Waals surface area (Å²) in [7, 11) is 0. The molecule has 3 aromatic rings. The fourth-order valence-electron chi connectivity index (χ4n) is 2.11. The third-order valence-electron chi connectivity index (χ3n) is 3.16. The number of anilines is 1. The average Bonchev–Trinajstić information content (AvgIpc) is 2.86. The number of hydrogen-bond donors (Lipinski definition) is 1. The third-order valence-corrected chi connectivity index (χ3v) is 3.16. The summed E-state index contributed by atoms with van der Waals surface area (Å²) in [6, 6.07) is 15.8. The highest BCUT2D eigenvalue weighted by Gasteiger charge is 2.06. The van der Waals surface area contributed by atoms with Gasteiger partial charge in [0, 0.05) is 16.8 Å². The van der Waals surface area contributed by atoms with Crippen LogP contribution in [0.25, 0.3) is 21.9 Å². The minimum absolute atomic E-state index is 0.467. The van der Waals surface area contributed by atoms with Crippen LogP contribution in [0.5, 0.6) is 0 Å². The second-order valence-corrected chi connectivity index (χ2v) is 4.44. The van der Waals surface area contributed by atoms with E-state index in [9.17, 15) is 0 Å². The predicted molar refractivity (Wildman–Crippen MR) is 80.7 cm³/mol. The Morgan fingerprint density at radius 2 is 2.00 bits per heavy atom. The molecule has 20 heavy (non-hydrogen) atoms. The van der Waals surface area contributed by atoms with Gasteiger partial charge in [0.1, 0.15) is 22.9 Å². The van der Waals surface area contributed by atoms with Crippen molar-refractivity contribution in [2.45, 2.75) is 13.3 Å². The van der Waals surface area contributed by atoms with Crippen molar-refractivity contribution in [3.63, 3.8) is 0 Å². The fourth-order valence-corrected chi connectivity index (χ4v) is 2.11. The molecule has 0 atom stereocenters. The van der Waals surface area contributed by atoms with E-state index >= 15 is 0 Å². The van der Waals surface area contributed by atoms with Crippen molar-refractivity contribution in [1.29, 1.82) is 5.26 Å².